The van der Waals surface area contributed by atoms with E-state index in [2.05, 4.69) is 43.8 Å². The number of ether oxygens (including phenoxy) is 2. The summed E-state index contributed by atoms with van der Waals surface area (Å²) in [5.41, 5.74) is 2.36. The van der Waals surface area contributed by atoms with Crippen LogP contribution in [0.1, 0.15) is 74.6 Å². The zero-order valence-corrected chi connectivity index (χ0v) is 23.1. The molecule has 3 atom stereocenters. The predicted molar refractivity (Wildman–Crippen MR) is 140 cm³/mol. The lowest BCUT2D eigenvalue weighted by Gasteiger charge is -2.46. The maximum absolute atomic E-state index is 13.0. The van der Waals surface area contributed by atoms with Gasteiger partial charge < -0.3 is 14.6 Å². The number of carbonyl (C=O) groups is 1. The Morgan fingerprint density at radius 1 is 1.13 bits per heavy atom. The van der Waals surface area contributed by atoms with Crippen LogP contribution in [0.5, 0.6) is 11.5 Å². The molecule has 2 heterocycles. The highest BCUT2D eigenvalue weighted by atomic mass is 79.9. The maximum Gasteiger partial charge on any atom is 0.573 e. The van der Waals surface area contributed by atoms with Crippen molar-refractivity contribution >= 4 is 21.9 Å². The van der Waals surface area contributed by atoms with Gasteiger partial charge in [0.05, 0.1) is 5.92 Å². The van der Waals surface area contributed by atoms with Gasteiger partial charge >= 0.3 is 12.3 Å². The van der Waals surface area contributed by atoms with Gasteiger partial charge in [-0.3, -0.25) is 9.69 Å². The van der Waals surface area contributed by atoms with Crippen molar-refractivity contribution in [2.24, 2.45) is 11.8 Å². The van der Waals surface area contributed by atoms with Crippen LogP contribution >= 0.6 is 15.9 Å². The Morgan fingerprint density at radius 2 is 1.84 bits per heavy atom. The largest absolute Gasteiger partial charge is 0.573 e. The number of likely N-dealkylation sites (tertiary alicyclic amines) is 1. The number of alkyl halides is 3. The van der Waals surface area contributed by atoms with Crippen molar-refractivity contribution in [1.82, 2.24) is 4.90 Å². The van der Waals surface area contributed by atoms with E-state index in [4.69, 9.17) is 4.74 Å². The molecule has 0 amide bonds. The number of carboxylic acids is 1. The highest BCUT2D eigenvalue weighted by molar-refractivity contribution is 9.10. The summed E-state index contributed by atoms with van der Waals surface area (Å²) in [6, 6.07) is 10.6. The molecule has 1 saturated heterocycles. The van der Waals surface area contributed by atoms with E-state index in [1.165, 1.54) is 6.07 Å². The molecule has 1 aliphatic carbocycles. The Labute approximate surface area is 229 Å². The first-order valence-electron chi connectivity index (χ1n) is 13.3. The molecule has 38 heavy (non-hydrogen) atoms. The number of piperidine rings is 1. The molecule has 206 valence electrons. The zero-order valence-electron chi connectivity index (χ0n) is 21.6. The Morgan fingerprint density at radius 3 is 2.47 bits per heavy atom. The van der Waals surface area contributed by atoms with Crippen molar-refractivity contribution in [3.63, 3.8) is 0 Å². The number of fused-ring (bicyclic) bond motifs is 1. The van der Waals surface area contributed by atoms with Crippen LogP contribution in [0, 0.1) is 11.8 Å². The monoisotopic (exact) mass is 595 g/mol. The van der Waals surface area contributed by atoms with Crippen LogP contribution in [0.4, 0.5) is 13.2 Å². The number of aliphatic carboxylic acids is 1. The summed E-state index contributed by atoms with van der Waals surface area (Å²) in [5.74, 6) is -0.151. The summed E-state index contributed by atoms with van der Waals surface area (Å²) < 4.78 is 50.7. The van der Waals surface area contributed by atoms with Gasteiger partial charge in [-0.2, -0.15) is 0 Å². The third kappa shape index (κ3) is 5.83. The fourth-order valence-corrected chi connectivity index (χ4v) is 6.61. The van der Waals surface area contributed by atoms with Crippen molar-refractivity contribution < 1.29 is 32.5 Å². The quantitative estimate of drug-likeness (QED) is 0.359. The minimum absolute atomic E-state index is 0.0136. The molecule has 1 spiro atoms. The highest BCUT2D eigenvalue weighted by Crippen LogP contribution is 2.49. The van der Waals surface area contributed by atoms with Gasteiger partial charge in [0, 0.05) is 29.2 Å². The van der Waals surface area contributed by atoms with Crippen LogP contribution in [0.2, 0.25) is 0 Å². The van der Waals surface area contributed by atoms with E-state index >= 15 is 0 Å². The molecule has 1 N–H and O–H groups in total. The molecular formula is C29H33BrF3NO4. The molecule has 2 aromatic rings. The summed E-state index contributed by atoms with van der Waals surface area (Å²) in [7, 11) is 0. The molecule has 5 rings (SSSR count). The maximum atomic E-state index is 13.0. The number of carboxylic acid groups (broad SMARTS) is 1. The summed E-state index contributed by atoms with van der Waals surface area (Å²) >= 11 is 3.38. The summed E-state index contributed by atoms with van der Waals surface area (Å²) in [6.07, 6.45) is 0.681. The van der Waals surface area contributed by atoms with Crippen molar-refractivity contribution in [3.05, 3.63) is 57.6 Å². The molecule has 2 aromatic carbocycles. The Bertz CT molecular complexity index is 1190. The zero-order chi connectivity index (χ0) is 27.2. The molecule has 1 saturated carbocycles. The number of aryl methyl sites for hydroxylation is 1. The van der Waals surface area contributed by atoms with E-state index in [1.54, 1.807) is 19.1 Å². The highest BCUT2D eigenvalue weighted by Gasteiger charge is 2.43. The van der Waals surface area contributed by atoms with Gasteiger partial charge in [-0.25, -0.2) is 0 Å². The second kappa shape index (κ2) is 10.4. The van der Waals surface area contributed by atoms with Crippen molar-refractivity contribution in [1.29, 1.82) is 0 Å². The van der Waals surface area contributed by atoms with Crippen LogP contribution in [-0.4, -0.2) is 41.0 Å². The molecule has 2 aliphatic heterocycles. The fraction of sp³-hybridized carbons (Fsp3) is 0.552. The van der Waals surface area contributed by atoms with Crippen LogP contribution in [0.25, 0.3) is 0 Å². The second-order valence-electron chi connectivity index (χ2n) is 11.1. The third-order valence-corrected chi connectivity index (χ3v) is 9.11. The lowest BCUT2D eigenvalue weighted by atomic mass is 9.80. The van der Waals surface area contributed by atoms with E-state index in [0.29, 0.717) is 29.0 Å². The van der Waals surface area contributed by atoms with Gasteiger partial charge in [0.1, 0.15) is 17.1 Å². The molecule has 3 aliphatic rings. The number of benzene rings is 2. The SMILES string of the molecule is CC(C(=O)O)C(c1ccc2c(c1)OC1(CC2)CCN(C(C)c2cc(Br)ccc2OC(F)(F)F)CC1)C1CC1. The molecule has 3 unspecified atom stereocenters. The Hall–Kier alpha value is -2.26. The number of nitrogens with zero attached hydrogens (tertiary/aromatic N) is 1. The first kappa shape index (κ1) is 27.3. The first-order valence-corrected chi connectivity index (χ1v) is 14.1. The van der Waals surface area contributed by atoms with E-state index in [1.807, 2.05) is 6.92 Å². The van der Waals surface area contributed by atoms with Crippen LogP contribution in [0.15, 0.2) is 40.9 Å². The van der Waals surface area contributed by atoms with Crippen LogP contribution < -0.4 is 9.47 Å². The number of hydrogen-bond acceptors (Lipinski definition) is 4. The molecule has 0 bridgehead atoms. The lowest BCUT2D eigenvalue weighted by Crippen LogP contribution is -2.50. The minimum atomic E-state index is -4.75. The topological polar surface area (TPSA) is 59.0 Å². The first-order chi connectivity index (χ1) is 17.9. The van der Waals surface area contributed by atoms with Gasteiger partial charge in [-0.05, 0) is 92.7 Å². The second-order valence-corrected chi connectivity index (χ2v) is 12.0. The van der Waals surface area contributed by atoms with Crippen molar-refractivity contribution in [2.45, 2.75) is 76.3 Å². The summed E-state index contributed by atoms with van der Waals surface area (Å²) in [5, 5.41) is 9.67. The Balaban J connectivity index is 1.30. The van der Waals surface area contributed by atoms with Crippen molar-refractivity contribution in [2.75, 3.05) is 13.1 Å². The normalized spacial score (nSPS) is 21.7. The van der Waals surface area contributed by atoms with Gasteiger partial charge in [0.15, 0.2) is 0 Å². The number of hydrogen-bond donors (Lipinski definition) is 1. The summed E-state index contributed by atoms with van der Waals surface area (Å²) in [6.45, 7) is 5.08. The third-order valence-electron chi connectivity index (χ3n) is 8.62. The van der Waals surface area contributed by atoms with E-state index in [0.717, 1.165) is 55.4 Å². The van der Waals surface area contributed by atoms with Crippen LogP contribution in [0.3, 0.4) is 0 Å². The number of halogens is 4. The van der Waals surface area contributed by atoms with Gasteiger partial charge in [0.25, 0.3) is 0 Å². The molecule has 9 heteroatoms. The minimum Gasteiger partial charge on any atom is -0.487 e. The fourth-order valence-electron chi connectivity index (χ4n) is 6.24. The van der Waals surface area contributed by atoms with Gasteiger partial charge in [-0.1, -0.05) is 35.0 Å². The Kier molecular flexibility index (Phi) is 7.46. The standard InChI is InChI=1S/C29H33BrF3NO4/c1-17(27(35)36)26(20-4-5-20)21-6-3-19-9-10-28(37-25(19)15-21)11-13-34(14-12-28)18(2)23-16-22(30)7-8-24(23)38-29(31,32)33/h3,6-8,15-18,20,26H,4-5,9-14H2,1-2H3,(H,35,36). The van der Waals surface area contributed by atoms with E-state index in [-0.39, 0.29) is 23.3 Å². The smallest absolute Gasteiger partial charge is 0.487 e. The molecule has 0 radical (unpaired) electrons. The molecule has 5 nitrogen and oxygen atoms in total. The molecule has 2 fully saturated rings. The molecule has 0 aromatic heterocycles. The van der Waals surface area contributed by atoms with Crippen LogP contribution in [-0.2, 0) is 11.2 Å². The van der Waals surface area contributed by atoms with Gasteiger partial charge in [0.2, 0.25) is 0 Å². The predicted octanol–water partition coefficient (Wildman–Crippen LogP) is 7.48. The molecular weight excluding hydrogens is 563 g/mol. The summed E-state index contributed by atoms with van der Waals surface area (Å²) in [4.78, 5) is 14.0. The number of rotatable bonds is 7. The average Bonchev–Trinajstić information content (AvgIpc) is 3.69. The average molecular weight is 596 g/mol. The van der Waals surface area contributed by atoms with Crippen molar-refractivity contribution in [3.8, 4) is 11.5 Å². The van der Waals surface area contributed by atoms with Gasteiger partial charge in [-0.15, -0.1) is 13.2 Å². The van der Waals surface area contributed by atoms with E-state index < -0.39 is 18.2 Å². The van der Waals surface area contributed by atoms with E-state index in [9.17, 15) is 23.1 Å². The lowest BCUT2D eigenvalue weighted by molar-refractivity contribution is -0.275.